The highest BCUT2D eigenvalue weighted by Gasteiger charge is 2.33. The molecule has 1 atom stereocenters. The first kappa shape index (κ1) is 15.6. The molecule has 3 rings (SSSR count). The van der Waals surface area contributed by atoms with Gasteiger partial charge in [0.2, 0.25) is 0 Å². The Labute approximate surface area is 137 Å². The fourth-order valence-corrected chi connectivity index (χ4v) is 4.03. The Morgan fingerprint density at radius 2 is 2.23 bits per heavy atom. The van der Waals surface area contributed by atoms with Gasteiger partial charge in [-0.1, -0.05) is 6.07 Å². The highest BCUT2D eigenvalue weighted by molar-refractivity contribution is 9.10. The van der Waals surface area contributed by atoms with E-state index in [1.165, 1.54) is 16.8 Å². The summed E-state index contributed by atoms with van der Waals surface area (Å²) in [5.74, 6) is 0. The molecule has 0 bridgehead atoms. The van der Waals surface area contributed by atoms with Crippen molar-refractivity contribution in [3.63, 3.8) is 0 Å². The lowest BCUT2D eigenvalue weighted by molar-refractivity contribution is -0.00507. The summed E-state index contributed by atoms with van der Waals surface area (Å²) in [6.07, 6.45) is 2.59. The minimum Gasteiger partial charge on any atom is -0.369 e. The molecule has 3 heterocycles. The van der Waals surface area contributed by atoms with Crippen molar-refractivity contribution in [2.45, 2.75) is 11.1 Å². The largest absolute Gasteiger partial charge is 0.369 e. The van der Waals surface area contributed by atoms with Crippen molar-refractivity contribution in [3.05, 3.63) is 41.0 Å². The molecule has 1 aliphatic heterocycles. The molecule has 1 aliphatic rings. The molecule has 0 amide bonds. The first-order valence-electron chi connectivity index (χ1n) is 6.69. The fourth-order valence-electron chi connectivity index (χ4n) is 2.28. The minimum atomic E-state index is -3.61. The molecule has 0 aromatic carbocycles. The van der Waals surface area contributed by atoms with E-state index in [0.29, 0.717) is 23.4 Å². The number of morpholine rings is 1. The van der Waals surface area contributed by atoms with Crippen LogP contribution >= 0.6 is 15.9 Å². The second-order valence-electron chi connectivity index (χ2n) is 4.99. The smallest absolute Gasteiger partial charge is 0.262 e. The van der Waals surface area contributed by atoms with Gasteiger partial charge in [-0.05, 0) is 28.1 Å². The SMILES string of the molecule is Cn1cnc(S(=O)(=O)N2CCO[C@@H](c3cccc(Br)n3)C2)c1. The van der Waals surface area contributed by atoms with Crippen LogP contribution in [0.4, 0.5) is 0 Å². The van der Waals surface area contributed by atoms with Crippen LogP contribution in [0.5, 0.6) is 0 Å². The van der Waals surface area contributed by atoms with Crippen LogP contribution < -0.4 is 0 Å². The van der Waals surface area contributed by atoms with Gasteiger partial charge in [0.1, 0.15) is 10.7 Å². The molecule has 0 spiro atoms. The Bertz CT molecular complexity index is 777. The summed E-state index contributed by atoms with van der Waals surface area (Å²) in [5, 5.41) is 0.0536. The Morgan fingerprint density at radius 3 is 2.91 bits per heavy atom. The predicted octanol–water partition coefficient (Wildman–Crippen LogP) is 1.34. The van der Waals surface area contributed by atoms with Gasteiger partial charge in [0, 0.05) is 26.3 Å². The van der Waals surface area contributed by atoms with Gasteiger partial charge in [0.05, 0.1) is 18.6 Å². The number of ether oxygens (including phenoxy) is 1. The molecule has 0 radical (unpaired) electrons. The van der Waals surface area contributed by atoms with Gasteiger partial charge in [-0.3, -0.25) is 0 Å². The Balaban J connectivity index is 1.84. The summed E-state index contributed by atoms with van der Waals surface area (Å²) in [6.45, 7) is 0.858. The molecule has 0 aliphatic carbocycles. The van der Waals surface area contributed by atoms with Crippen molar-refractivity contribution in [1.82, 2.24) is 18.8 Å². The first-order valence-corrected chi connectivity index (χ1v) is 8.92. The second-order valence-corrected chi connectivity index (χ2v) is 7.68. The summed E-state index contributed by atoms with van der Waals surface area (Å²) in [7, 11) is -1.87. The average Bonchev–Trinajstić information content (AvgIpc) is 2.95. The number of nitrogens with zero attached hydrogens (tertiary/aromatic N) is 4. The molecular formula is C13H15BrN4O3S. The van der Waals surface area contributed by atoms with Crippen LogP contribution in [0.2, 0.25) is 0 Å². The molecule has 0 N–H and O–H groups in total. The zero-order valence-electron chi connectivity index (χ0n) is 11.9. The topological polar surface area (TPSA) is 77.3 Å². The zero-order chi connectivity index (χ0) is 15.7. The molecular weight excluding hydrogens is 372 g/mol. The molecule has 9 heteroatoms. The lowest BCUT2D eigenvalue weighted by Crippen LogP contribution is -2.42. The number of rotatable bonds is 3. The fraction of sp³-hybridized carbons (Fsp3) is 0.385. The molecule has 118 valence electrons. The third-order valence-electron chi connectivity index (χ3n) is 3.38. The van der Waals surface area contributed by atoms with Crippen molar-refractivity contribution in [2.75, 3.05) is 19.7 Å². The first-order chi connectivity index (χ1) is 10.5. The molecule has 1 fully saturated rings. The quantitative estimate of drug-likeness (QED) is 0.743. The van der Waals surface area contributed by atoms with E-state index in [4.69, 9.17) is 4.74 Å². The van der Waals surface area contributed by atoms with E-state index < -0.39 is 10.0 Å². The normalized spacial score (nSPS) is 20.2. The Morgan fingerprint density at radius 1 is 1.41 bits per heavy atom. The number of hydrogen-bond acceptors (Lipinski definition) is 5. The average molecular weight is 387 g/mol. The van der Waals surface area contributed by atoms with Crippen LogP contribution in [0.25, 0.3) is 0 Å². The number of sulfonamides is 1. The monoisotopic (exact) mass is 386 g/mol. The molecule has 0 unspecified atom stereocenters. The van der Waals surface area contributed by atoms with E-state index >= 15 is 0 Å². The summed E-state index contributed by atoms with van der Waals surface area (Å²) in [6, 6.07) is 5.49. The second kappa shape index (κ2) is 6.07. The van der Waals surface area contributed by atoms with Gasteiger partial charge in [-0.15, -0.1) is 0 Å². The van der Waals surface area contributed by atoms with Gasteiger partial charge in [-0.2, -0.15) is 4.31 Å². The van der Waals surface area contributed by atoms with E-state index in [1.807, 2.05) is 18.2 Å². The van der Waals surface area contributed by atoms with Crippen LogP contribution in [0.15, 0.2) is 40.4 Å². The van der Waals surface area contributed by atoms with Gasteiger partial charge < -0.3 is 9.30 Å². The highest BCUT2D eigenvalue weighted by atomic mass is 79.9. The molecule has 2 aromatic rings. The number of aryl methyl sites for hydroxylation is 1. The maximum Gasteiger partial charge on any atom is 0.262 e. The van der Waals surface area contributed by atoms with Crippen molar-refractivity contribution >= 4 is 26.0 Å². The maximum atomic E-state index is 12.6. The Kier molecular flexibility index (Phi) is 4.31. The van der Waals surface area contributed by atoms with Crippen molar-refractivity contribution in [1.29, 1.82) is 0 Å². The lowest BCUT2D eigenvalue weighted by atomic mass is 10.2. The number of hydrogen-bond donors (Lipinski definition) is 0. The van der Waals surface area contributed by atoms with Crippen molar-refractivity contribution in [3.8, 4) is 0 Å². The minimum absolute atomic E-state index is 0.0536. The number of imidazole rings is 1. The molecule has 22 heavy (non-hydrogen) atoms. The maximum absolute atomic E-state index is 12.6. The van der Waals surface area contributed by atoms with E-state index in [0.717, 1.165) is 0 Å². The van der Waals surface area contributed by atoms with E-state index in [1.54, 1.807) is 11.6 Å². The van der Waals surface area contributed by atoms with Crippen LogP contribution in [-0.4, -0.2) is 47.0 Å². The summed E-state index contributed by atoms with van der Waals surface area (Å²) in [5.41, 5.74) is 0.704. The summed E-state index contributed by atoms with van der Waals surface area (Å²) >= 11 is 3.31. The molecule has 2 aromatic heterocycles. The number of pyridine rings is 1. The number of aromatic nitrogens is 3. The van der Waals surface area contributed by atoms with Gasteiger partial charge in [0.25, 0.3) is 10.0 Å². The Hall–Kier alpha value is -1.29. The van der Waals surface area contributed by atoms with Crippen LogP contribution in [0, 0.1) is 0 Å². The number of halogens is 1. The van der Waals surface area contributed by atoms with Gasteiger partial charge >= 0.3 is 0 Å². The molecule has 0 saturated carbocycles. The standard InChI is InChI=1S/C13H15BrN4O3S/c1-17-8-13(15-9-17)22(19,20)18-5-6-21-11(7-18)10-3-2-4-12(14)16-10/h2-4,8-9,11H,5-7H2,1H3/t11-/m1/s1. The third-order valence-corrected chi connectivity index (χ3v) is 5.57. The summed E-state index contributed by atoms with van der Waals surface area (Å²) in [4.78, 5) is 8.28. The molecule has 7 nitrogen and oxygen atoms in total. The van der Waals surface area contributed by atoms with Crippen molar-refractivity contribution < 1.29 is 13.2 Å². The van der Waals surface area contributed by atoms with Crippen LogP contribution in [0.1, 0.15) is 11.8 Å². The predicted molar refractivity (Wildman–Crippen MR) is 82.6 cm³/mol. The van der Waals surface area contributed by atoms with Crippen LogP contribution in [-0.2, 0) is 21.8 Å². The third kappa shape index (κ3) is 3.07. The van der Waals surface area contributed by atoms with E-state index in [-0.39, 0.29) is 17.7 Å². The summed E-state index contributed by atoms with van der Waals surface area (Å²) < 4.78 is 34.6. The zero-order valence-corrected chi connectivity index (χ0v) is 14.3. The highest BCUT2D eigenvalue weighted by Crippen LogP contribution is 2.25. The van der Waals surface area contributed by atoms with Crippen molar-refractivity contribution in [2.24, 2.45) is 7.05 Å². The van der Waals surface area contributed by atoms with E-state index in [9.17, 15) is 8.42 Å². The van der Waals surface area contributed by atoms with Crippen LogP contribution in [0.3, 0.4) is 0 Å². The molecule has 1 saturated heterocycles. The lowest BCUT2D eigenvalue weighted by Gasteiger charge is -2.31. The van der Waals surface area contributed by atoms with E-state index in [2.05, 4.69) is 25.9 Å². The van der Waals surface area contributed by atoms with Gasteiger partial charge in [0.15, 0.2) is 5.03 Å². The van der Waals surface area contributed by atoms with Gasteiger partial charge in [-0.25, -0.2) is 18.4 Å².